The van der Waals surface area contributed by atoms with Crippen molar-refractivity contribution in [2.24, 2.45) is 0 Å². The highest BCUT2D eigenvalue weighted by molar-refractivity contribution is 5.88. The van der Waals surface area contributed by atoms with E-state index in [9.17, 15) is 9.59 Å². The zero-order valence-corrected chi connectivity index (χ0v) is 21.0. The number of benzene rings is 3. The first-order valence-corrected chi connectivity index (χ1v) is 12.3. The van der Waals surface area contributed by atoms with E-state index in [0.29, 0.717) is 25.3 Å². The monoisotopic (exact) mass is 472 g/mol. The van der Waals surface area contributed by atoms with Crippen LogP contribution >= 0.6 is 0 Å². The van der Waals surface area contributed by atoms with Crippen molar-refractivity contribution >= 4 is 11.8 Å². The number of nitrogens with zero attached hydrogens (tertiary/aromatic N) is 1. The van der Waals surface area contributed by atoms with Crippen molar-refractivity contribution < 1.29 is 14.3 Å². The number of nitrogens with one attached hydrogen (secondary N) is 1. The molecule has 0 radical (unpaired) electrons. The highest BCUT2D eigenvalue weighted by Gasteiger charge is 2.30. The van der Waals surface area contributed by atoms with E-state index in [2.05, 4.69) is 12.2 Å². The minimum atomic E-state index is -0.648. The summed E-state index contributed by atoms with van der Waals surface area (Å²) < 4.78 is 5.82. The van der Waals surface area contributed by atoms with Gasteiger partial charge in [-0.2, -0.15) is 0 Å². The Bertz CT molecular complexity index is 1060. The SMILES string of the molecule is CCCCNC(=O)[C@H](Cc1ccccc1)N(Cc1ccc(C)cc1)C(=O)COc1ccc(C)cc1. The summed E-state index contributed by atoms with van der Waals surface area (Å²) in [5.41, 5.74) is 4.24. The Labute approximate surface area is 209 Å². The van der Waals surface area contributed by atoms with Gasteiger partial charge in [0.2, 0.25) is 5.91 Å². The lowest BCUT2D eigenvalue weighted by Gasteiger charge is -2.31. The number of carbonyl (C=O) groups is 2. The number of hydrogen-bond acceptors (Lipinski definition) is 3. The normalized spacial score (nSPS) is 11.5. The number of aryl methyl sites for hydroxylation is 2. The number of hydrogen-bond donors (Lipinski definition) is 1. The number of rotatable bonds is 12. The van der Waals surface area contributed by atoms with Crippen LogP contribution in [0.4, 0.5) is 0 Å². The third-order valence-corrected chi connectivity index (χ3v) is 5.96. The third-order valence-electron chi connectivity index (χ3n) is 5.96. The van der Waals surface area contributed by atoms with Crippen LogP contribution in [0.1, 0.15) is 42.0 Å². The lowest BCUT2D eigenvalue weighted by molar-refractivity contribution is -0.142. The Morgan fingerprint density at radius 3 is 2.11 bits per heavy atom. The molecule has 184 valence electrons. The van der Waals surface area contributed by atoms with Gasteiger partial charge in [-0.25, -0.2) is 0 Å². The van der Waals surface area contributed by atoms with Crippen molar-refractivity contribution in [3.05, 3.63) is 101 Å². The Kier molecular flexibility index (Phi) is 9.91. The summed E-state index contributed by atoms with van der Waals surface area (Å²) >= 11 is 0. The number of ether oxygens (including phenoxy) is 1. The predicted molar refractivity (Wildman–Crippen MR) is 140 cm³/mol. The summed E-state index contributed by atoms with van der Waals surface area (Å²) in [7, 11) is 0. The molecule has 3 rings (SSSR count). The summed E-state index contributed by atoms with van der Waals surface area (Å²) in [6, 6.07) is 24.8. The van der Waals surface area contributed by atoms with Gasteiger partial charge in [-0.05, 0) is 43.5 Å². The van der Waals surface area contributed by atoms with E-state index in [1.807, 2.05) is 92.7 Å². The molecule has 0 fully saturated rings. The van der Waals surface area contributed by atoms with Crippen molar-refractivity contribution in [1.82, 2.24) is 10.2 Å². The quantitative estimate of drug-likeness (QED) is 0.367. The van der Waals surface area contributed by atoms with Crippen LogP contribution in [0, 0.1) is 13.8 Å². The zero-order valence-electron chi connectivity index (χ0n) is 21.0. The van der Waals surface area contributed by atoms with Gasteiger partial charge in [0.15, 0.2) is 6.61 Å². The minimum Gasteiger partial charge on any atom is -0.484 e. The Morgan fingerprint density at radius 2 is 1.49 bits per heavy atom. The highest BCUT2D eigenvalue weighted by atomic mass is 16.5. The van der Waals surface area contributed by atoms with Gasteiger partial charge in [-0.3, -0.25) is 9.59 Å². The molecule has 0 saturated carbocycles. The lowest BCUT2D eigenvalue weighted by Crippen LogP contribution is -2.51. The summed E-state index contributed by atoms with van der Waals surface area (Å²) in [5, 5.41) is 3.04. The van der Waals surface area contributed by atoms with Crippen LogP contribution in [0.25, 0.3) is 0 Å². The highest BCUT2D eigenvalue weighted by Crippen LogP contribution is 2.17. The van der Waals surface area contributed by atoms with Crippen LogP contribution in [-0.4, -0.2) is 35.9 Å². The van der Waals surface area contributed by atoms with Gasteiger partial charge in [0.25, 0.3) is 5.91 Å². The van der Waals surface area contributed by atoms with Crippen LogP contribution in [0.3, 0.4) is 0 Å². The molecule has 3 aromatic carbocycles. The second kappa shape index (κ2) is 13.3. The topological polar surface area (TPSA) is 58.6 Å². The molecule has 0 aliphatic heterocycles. The molecule has 3 aromatic rings. The molecule has 5 nitrogen and oxygen atoms in total. The molecule has 0 aromatic heterocycles. The molecule has 0 unspecified atom stereocenters. The molecule has 0 saturated heterocycles. The third kappa shape index (κ3) is 8.29. The van der Waals surface area contributed by atoms with Gasteiger partial charge in [-0.1, -0.05) is 91.2 Å². The average Bonchev–Trinajstić information content (AvgIpc) is 2.87. The van der Waals surface area contributed by atoms with E-state index in [4.69, 9.17) is 4.74 Å². The van der Waals surface area contributed by atoms with Gasteiger partial charge in [0, 0.05) is 19.5 Å². The largest absolute Gasteiger partial charge is 0.484 e. The van der Waals surface area contributed by atoms with Gasteiger partial charge >= 0.3 is 0 Å². The molecule has 1 atom stereocenters. The fourth-order valence-electron chi connectivity index (χ4n) is 3.81. The summed E-state index contributed by atoms with van der Waals surface area (Å²) in [5.74, 6) is 0.266. The van der Waals surface area contributed by atoms with E-state index in [1.54, 1.807) is 4.90 Å². The maximum atomic E-state index is 13.5. The molecule has 5 heteroatoms. The fourth-order valence-corrected chi connectivity index (χ4v) is 3.81. The van der Waals surface area contributed by atoms with Gasteiger partial charge in [-0.15, -0.1) is 0 Å². The van der Waals surface area contributed by atoms with Crippen LogP contribution in [0.5, 0.6) is 5.75 Å². The molecule has 2 amide bonds. The number of carbonyl (C=O) groups excluding carboxylic acids is 2. The number of amides is 2. The Morgan fingerprint density at radius 1 is 0.857 bits per heavy atom. The molecular formula is C30H36N2O3. The molecule has 0 heterocycles. The second-order valence-electron chi connectivity index (χ2n) is 8.96. The van der Waals surface area contributed by atoms with E-state index in [0.717, 1.165) is 35.1 Å². The first kappa shape index (κ1) is 26.0. The predicted octanol–water partition coefficient (Wildman–Crippen LogP) is 5.24. The zero-order chi connectivity index (χ0) is 25.0. The molecule has 35 heavy (non-hydrogen) atoms. The summed E-state index contributed by atoms with van der Waals surface area (Å²) in [6.45, 7) is 6.90. The molecular weight excluding hydrogens is 436 g/mol. The van der Waals surface area contributed by atoms with Crippen molar-refractivity contribution in [2.45, 2.75) is 52.6 Å². The minimum absolute atomic E-state index is 0.136. The first-order chi connectivity index (χ1) is 17.0. The van der Waals surface area contributed by atoms with Crippen LogP contribution in [-0.2, 0) is 22.6 Å². The molecule has 1 N–H and O–H groups in total. The van der Waals surface area contributed by atoms with Gasteiger partial charge in [0.05, 0.1) is 0 Å². The molecule has 0 aliphatic carbocycles. The summed E-state index contributed by atoms with van der Waals surface area (Å²) in [4.78, 5) is 28.6. The van der Waals surface area contributed by atoms with Gasteiger partial charge < -0.3 is 15.0 Å². The van der Waals surface area contributed by atoms with E-state index in [-0.39, 0.29) is 18.4 Å². The van der Waals surface area contributed by atoms with E-state index in [1.165, 1.54) is 0 Å². The smallest absolute Gasteiger partial charge is 0.261 e. The van der Waals surface area contributed by atoms with E-state index < -0.39 is 6.04 Å². The maximum Gasteiger partial charge on any atom is 0.261 e. The molecule has 0 aliphatic rings. The second-order valence-corrected chi connectivity index (χ2v) is 8.96. The Hall–Kier alpha value is -3.60. The van der Waals surface area contributed by atoms with Crippen LogP contribution in [0.2, 0.25) is 0 Å². The van der Waals surface area contributed by atoms with Crippen LogP contribution < -0.4 is 10.1 Å². The van der Waals surface area contributed by atoms with Crippen molar-refractivity contribution in [2.75, 3.05) is 13.2 Å². The Balaban J connectivity index is 1.86. The number of unbranched alkanes of at least 4 members (excludes halogenated alkanes) is 1. The van der Waals surface area contributed by atoms with Crippen LogP contribution in [0.15, 0.2) is 78.9 Å². The lowest BCUT2D eigenvalue weighted by atomic mass is 10.0. The van der Waals surface area contributed by atoms with Gasteiger partial charge in [0.1, 0.15) is 11.8 Å². The van der Waals surface area contributed by atoms with Crippen molar-refractivity contribution in [1.29, 1.82) is 0 Å². The standard InChI is InChI=1S/C30H36N2O3/c1-4-5-19-31-30(34)28(20-25-9-7-6-8-10-25)32(21-26-15-11-23(2)12-16-26)29(33)22-35-27-17-13-24(3)14-18-27/h6-18,28H,4-5,19-22H2,1-3H3,(H,31,34)/t28-/m0/s1. The maximum absolute atomic E-state index is 13.5. The van der Waals surface area contributed by atoms with Crippen molar-refractivity contribution in [3.63, 3.8) is 0 Å². The average molecular weight is 473 g/mol. The van der Waals surface area contributed by atoms with Crippen molar-refractivity contribution in [3.8, 4) is 5.75 Å². The summed E-state index contributed by atoms with van der Waals surface area (Å²) in [6.07, 6.45) is 2.31. The fraction of sp³-hybridized carbons (Fsp3) is 0.333. The molecule has 0 bridgehead atoms. The molecule has 0 spiro atoms. The van der Waals surface area contributed by atoms with E-state index >= 15 is 0 Å². The first-order valence-electron chi connectivity index (χ1n) is 12.3.